The molecule has 1 aromatic heterocycles. The lowest BCUT2D eigenvalue weighted by molar-refractivity contribution is 0.300. The van der Waals surface area contributed by atoms with Gasteiger partial charge in [-0.1, -0.05) is 23.7 Å². The van der Waals surface area contributed by atoms with Gasteiger partial charge in [0.05, 0.1) is 0 Å². The summed E-state index contributed by atoms with van der Waals surface area (Å²) in [7, 11) is 0. The van der Waals surface area contributed by atoms with E-state index in [1.165, 1.54) is 19.3 Å². The summed E-state index contributed by atoms with van der Waals surface area (Å²) in [5.41, 5.74) is 1.83. The number of hydrogen-bond donors (Lipinski definition) is 1. The lowest BCUT2D eigenvalue weighted by atomic mass is 10.2. The van der Waals surface area contributed by atoms with Crippen LogP contribution in [0.25, 0.3) is 0 Å². The molecule has 2 unspecified atom stereocenters. The second kappa shape index (κ2) is 4.09. The van der Waals surface area contributed by atoms with E-state index in [-0.39, 0.29) is 0 Å². The van der Waals surface area contributed by atoms with Crippen molar-refractivity contribution in [3.8, 4) is 0 Å². The fourth-order valence-corrected chi connectivity index (χ4v) is 1.83. The molecule has 1 fully saturated rings. The Morgan fingerprint density at radius 2 is 2.36 bits per heavy atom. The van der Waals surface area contributed by atoms with Crippen molar-refractivity contribution in [1.29, 1.82) is 0 Å². The Kier molecular flexibility index (Phi) is 2.82. The normalized spacial score (nSPS) is 25.3. The van der Waals surface area contributed by atoms with Crippen molar-refractivity contribution in [2.45, 2.75) is 45.7 Å². The van der Waals surface area contributed by atoms with Crippen molar-refractivity contribution in [2.24, 2.45) is 5.92 Å². The van der Waals surface area contributed by atoms with Crippen LogP contribution in [0.4, 0.5) is 0 Å². The first-order chi connectivity index (χ1) is 6.81. The molecule has 1 saturated carbocycles. The zero-order chi connectivity index (χ0) is 9.97. The summed E-state index contributed by atoms with van der Waals surface area (Å²) >= 11 is 0. The van der Waals surface area contributed by atoms with Crippen LogP contribution >= 0.6 is 0 Å². The predicted octanol–water partition coefficient (Wildman–Crippen LogP) is 1.66. The van der Waals surface area contributed by atoms with Gasteiger partial charge in [0.15, 0.2) is 0 Å². The highest BCUT2D eigenvalue weighted by atomic mass is 16.6. The average Bonchev–Trinajstić information content (AvgIpc) is 2.78. The van der Waals surface area contributed by atoms with E-state index < -0.39 is 0 Å². The Labute approximate surface area is 84.0 Å². The number of nitrogens with zero attached hydrogens (tertiary/aromatic N) is 2. The minimum atomic E-state index is 0.700. The van der Waals surface area contributed by atoms with Crippen LogP contribution in [0.3, 0.4) is 0 Å². The highest BCUT2D eigenvalue weighted by Crippen LogP contribution is 2.34. The Balaban J connectivity index is 1.72. The highest BCUT2D eigenvalue weighted by Gasteiger charge is 2.35. The van der Waals surface area contributed by atoms with Crippen LogP contribution in [0.2, 0.25) is 0 Å². The van der Waals surface area contributed by atoms with Gasteiger partial charge >= 0.3 is 0 Å². The summed E-state index contributed by atoms with van der Waals surface area (Å²) in [5, 5.41) is 11.1. The average molecular weight is 195 g/mol. The van der Waals surface area contributed by atoms with Gasteiger partial charge in [0.1, 0.15) is 11.4 Å². The lowest BCUT2D eigenvalue weighted by Gasteiger charge is -2.00. The number of rotatable bonds is 5. The summed E-state index contributed by atoms with van der Waals surface area (Å²) in [6, 6.07) is 0.700. The molecule has 2 rings (SSSR count). The van der Waals surface area contributed by atoms with Gasteiger partial charge in [-0.15, -0.1) is 0 Å². The monoisotopic (exact) mass is 195 g/mol. The smallest absolute Gasteiger partial charge is 0.121 e. The van der Waals surface area contributed by atoms with Gasteiger partial charge in [-0.3, -0.25) is 0 Å². The topological polar surface area (TPSA) is 51.0 Å². The maximum Gasteiger partial charge on any atom is 0.121 e. The van der Waals surface area contributed by atoms with Gasteiger partial charge in [-0.2, -0.15) is 0 Å². The van der Waals surface area contributed by atoms with Crippen LogP contribution in [0.5, 0.6) is 0 Å². The summed E-state index contributed by atoms with van der Waals surface area (Å²) < 4.78 is 4.63. The molecule has 14 heavy (non-hydrogen) atoms. The molecule has 0 aromatic carbocycles. The standard InChI is InChI=1S/C10H17N3O/c1-3-4-8-5-9(8)11-6-10-7(2)12-14-13-10/h8-9,11H,3-6H2,1-2H3. The van der Waals surface area contributed by atoms with Gasteiger partial charge < -0.3 is 5.32 Å². The first-order valence-electron chi connectivity index (χ1n) is 5.32. The summed E-state index contributed by atoms with van der Waals surface area (Å²) in [6.07, 6.45) is 3.94. The number of nitrogens with one attached hydrogen (secondary N) is 1. The van der Waals surface area contributed by atoms with E-state index in [2.05, 4.69) is 27.2 Å². The van der Waals surface area contributed by atoms with Crippen molar-refractivity contribution in [3.63, 3.8) is 0 Å². The molecule has 1 aliphatic carbocycles. The minimum Gasteiger partial charge on any atom is -0.308 e. The Hall–Kier alpha value is -0.900. The van der Waals surface area contributed by atoms with Gasteiger partial charge in [-0.25, -0.2) is 4.63 Å². The second-order valence-electron chi connectivity index (χ2n) is 4.07. The molecule has 78 valence electrons. The summed E-state index contributed by atoms with van der Waals surface area (Å²) in [5.74, 6) is 0.889. The van der Waals surface area contributed by atoms with Gasteiger partial charge in [0, 0.05) is 12.6 Å². The summed E-state index contributed by atoms with van der Waals surface area (Å²) in [4.78, 5) is 0. The van der Waals surface area contributed by atoms with Gasteiger partial charge in [-0.05, 0) is 25.7 Å². The van der Waals surface area contributed by atoms with Crippen molar-refractivity contribution in [1.82, 2.24) is 15.6 Å². The molecule has 2 atom stereocenters. The lowest BCUT2D eigenvalue weighted by Crippen LogP contribution is -2.18. The molecular formula is C10H17N3O. The molecule has 4 nitrogen and oxygen atoms in total. The van der Waals surface area contributed by atoms with Crippen LogP contribution in [0.1, 0.15) is 37.6 Å². The molecule has 0 aliphatic heterocycles. The zero-order valence-electron chi connectivity index (χ0n) is 8.79. The van der Waals surface area contributed by atoms with Crippen molar-refractivity contribution in [2.75, 3.05) is 0 Å². The van der Waals surface area contributed by atoms with E-state index in [4.69, 9.17) is 0 Å². The van der Waals surface area contributed by atoms with Crippen molar-refractivity contribution < 1.29 is 4.63 Å². The Bertz CT molecular complexity index is 297. The molecule has 0 spiro atoms. The van der Waals surface area contributed by atoms with E-state index in [0.29, 0.717) is 6.04 Å². The SMILES string of the molecule is CCCC1CC1NCc1nonc1C. The number of hydrogen-bond acceptors (Lipinski definition) is 4. The quantitative estimate of drug-likeness (QED) is 0.776. The van der Waals surface area contributed by atoms with E-state index in [0.717, 1.165) is 23.9 Å². The zero-order valence-corrected chi connectivity index (χ0v) is 8.79. The Morgan fingerprint density at radius 1 is 1.50 bits per heavy atom. The van der Waals surface area contributed by atoms with E-state index in [9.17, 15) is 0 Å². The van der Waals surface area contributed by atoms with Crippen molar-refractivity contribution in [3.05, 3.63) is 11.4 Å². The largest absolute Gasteiger partial charge is 0.308 e. The third-order valence-corrected chi connectivity index (χ3v) is 2.86. The van der Waals surface area contributed by atoms with Crippen LogP contribution in [-0.4, -0.2) is 16.4 Å². The second-order valence-corrected chi connectivity index (χ2v) is 4.07. The van der Waals surface area contributed by atoms with Crippen LogP contribution in [0.15, 0.2) is 4.63 Å². The van der Waals surface area contributed by atoms with E-state index in [1.54, 1.807) is 0 Å². The van der Waals surface area contributed by atoms with Crippen LogP contribution in [0, 0.1) is 12.8 Å². The third-order valence-electron chi connectivity index (χ3n) is 2.86. The molecule has 0 radical (unpaired) electrons. The molecule has 1 aliphatic rings. The maximum absolute atomic E-state index is 4.63. The number of aromatic nitrogens is 2. The van der Waals surface area contributed by atoms with E-state index in [1.807, 2.05) is 6.92 Å². The first-order valence-corrected chi connectivity index (χ1v) is 5.32. The molecule has 0 saturated heterocycles. The molecule has 0 amide bonds. The molecule has 4 heteroatoms. The Morgan fingerprint density at radius 3 is 3.00 bits per heavy atom. The van der Waals surface area contributed by atoms with Crippen LogP contribution < -0.4 is 5.32 Å². The predicted molar refractivity (Wildman–Crippen MR) is 52.7 cm³/mol. The number of aryl methyl sites for hydroxylation is 1. The van der Waals surface area contributed by atoms with Gasteiger partial charge in [0.2, 0.25) is 0 Å². The molecular weight excluding hydrogens is 178 g/mol. The first kappa shape index (κ1) is 9.65. The fraction of sp³-hybridized carbons (Fsp3) is 0.800. The fourth-order valence-electron chi connectivity index (χ4n) is 1.83. The molecule has 1 heterocycles. The third kappa shape index (κ3) is 2.12. The molecule has 0 bridgehead atoms. The highest BCUT2D eigenvalue weighted by molar-refractivity contribution is 5.05. The van der Waals surface area contributed by atoms with Crippen LogP contribution in [-0.2, 0) is 6.54 Å². The van der Waals surface area contributed by atoms with E-state index >= 15 is 0 Å². The van der Waals surface area contributed by atoms with Crippen molar-refractivity contribution >= 4 is 0 Å². The molecule has 1 aromatic rings. The minimum absolute atomic E-state index is 0.700. The molecule has 1 N–H and O–H groups in total. The maximum atomic E-state index is 4.63. The van der Waals surface area contributed by atoms with Gasteiger partial charge in [0.25, 0.3) is 0 Å². The summed E-state index contributed by atoms with van der Waals surface area (Å²) in [6.45, 7) is 4.95.